The minimum atomic E-state index is 0.238. The Labute approximate surface area is 184 Å². The van der Waals surface area contributed by atoms with Gasteiger partial charge in [-0.15, -0.1) is 0 Å². The number of ether oxygens (including phenoxy) is 1. The van der Waals surface area contributed by atoms with Crippen molar-refractivity contribution in [3.05, 3.63) is 59.8 Å². The van der Waals surface area contributed by atoms with E-state index >= 15 is 0 Å². The lowest BCUT2D eigenvalue weighted by atomic mass is 10.1. The Morgan fingerprint density at radius 2 is 2.03 bits per heavy atom. The normalized spacial score (nSPS) is 16.5. The van der Waals surface area contributed by atoms with Gasteiger partial charge in [0.05, 0.1) is 6.61 Å². The van der Waals surface area contributed by atoms with Crippen molar-refractivity contribution in [1.82, 2.24) is 20.5 Å². The van der Waals surface area contributed by atoms with E-state index in [0.717, 1.165) is 44.0 Å². The largest absolute Gasteiger partial charge is 0.478 e. The summed E-state index contributed by atoms with van der Waals surface area (Å²) in [5, 5.41) is 6.65. The van der Waals surface area contributed by atoms with Gasteiger partial charge in [0.15, 0.2) is 5.96 Å². The zero-order valence-corrected chi connectivity index (χ0v) is 18.5. The number of hydrogen-bond donors (Lipinski definition) is 2. The van der Waals surface area contributed by atoms with Crippen molar-refractivity contribution in [3.8, 4) is 5.88 Å². The molecule has 1 amide bonds. The minimum Gasteiger partial charge on any atom is -0.478 e. The molecule has 7 nitrogen and oxygen atoms in total. The molecule has 0 radical (unpaired) electrons. The second-order valence-corrected chi connectivity index (χ2v) is 7.81. The lowest BCUT2D eigenvalue weighted by Gasteiger charge is -2.18. The number of benzene rings is 1. The minimum absolute atomic E-state index is 0.238. The highest BCUT2D eigenvalue weighted by Crippen LogP contribution is 2.17. The van der Waals surface area contributed by atoms with Crippen molar-refractivity contribution in [3.63, 3.8) is 0 Å². The molecular weight excluding hydrogens is 390 g/mol. The molecule has 0 bridgehead atoms. The maximum absolute atomic E-state index is 12.4. The zero-order chi connectivity index (χ0) is 21.9. The van der Waals surface area contributed by atoms with Gasteiger partial charge in [-0.25, -0.2) is 4.98 Å². The first-order valence-corrected chi connectivity index (χ1v) is 11.0. The molecule has 1 fully saturated rings. The first-order chi connectivity index (χ1) is 15.2. The fourth-order valence-electron chi connectivity index (χ4n) is 3.57. The van der Waals surface area contributed by atoms with Crippen LogP contribution in [0.25, 0.3) is 0 Å². The van der Waals surface area contributed by atoms with Crippen LogP contribution in [0.4, 0.5) is 0 Å². The summed E-state index contributed by atoms with van der Waals surface area (Å²) >= 11 is 0. The van der Waals surface area contributed by atoms with E-state index in [1.165, 1.54) is 5.56 Å². The summed E-state index contributed by atoms with van der Waals surface area (Å²) in [6.45, 7) is 5.65. The number of likely N-dealkylation sites (tertiary alicyclic amines) is 1. The smallest absolute Gasteiger partial charge is 0.223 e. The molecule has 166 valence electrons. The number of nitrogens with zero attached hydrogens (tertiary/aromatic N) is 3. The molecule has 0 saturated carbocycles. The predicted octanol–water partition coefficient (Wildman–Crippen LogP) is 2.63. The van der Waals surface area contributed by atoms with Gasteiger partial charge in [0, 0.05) is 57.8 Å². The number of aromatic nitrogens is 1. The van der Waals surface area contributed by atoms with Crippen LogP contribution in [0.15, 0.2) is 53.7 Å². The Morgan fingerprint density at radius 1 is 1.19 bits per heavy atom. The highest BCUT2D eigenvalue weighted by Gasteiger charge is 2.29. The molecule has 3 rings (SSSR count). The van der Waals surface area contributed by atoms with E-state index in [0.29, 0.717) is 31.4 Å². The number of guanidine groups is 1. The van der Waals surface area contributed by atoms with Gasteiger partial charge in [-0.05, 0) is 24.0 Å². The lowest BCUT2D eigenvalue weighted by Crippen LogP contribution is -2.40. The number of amides is 1. The fourth-order valence-corrected chi connectivity index (χ4v) is 3.57. The molecule has 0 spiro atoms. The number of carbonyl (C=O) groups is 1. The number of pyridine rings is 1. The molecule has 1 aromatic heterocycles. The summed E-state index contributed by atoms with van der Waals surface area (Å²) in [7, 11) is 1.75. The van der Waals surface area contributed by atoms with E-state index in [2.05, 4.69) is 39.7 Å². The maximum atomic E-state index is 12.4. The summed E-state index contributed by atoms with van der Waals surface area (Å²) in [6.07, 6.45) is 4.25. The van der Waals surface area contributed by atoms with E-state index < -0.39 is 0 Å². The van der Waals surface area contributed by atoms with Crippen LogP contribution in [0.1, 0.15) is 30.9 Å². The lowest BCUT2D eigenvalue weighted by molar-refractivity contribution is -0.127. The second kappa shape index (κ2) is 11.9. The number of rotatable bonds is 10. The van der Waals surface area contributed by atoms with Gasteiger partial charge in [0.2, 0.25) is 11.8 Å². The number of carbonyl (C=O) groups excluding carboxylic acids is 1. The van der Waals surface area contributed by atoms with E-state index in [9.17, 15) is 4.79 Å². The highest BCUT2D eigenvalue weighted by molar-refractivity contribution is 5.80. The van der Waals surface area contributed by atoms with E-state index in [4.69, 9.17) is 4.74 Å². The Balaban J connectivity index is 1.38. The molecule has 1 atom stereocenters. The van der Waals surface area contributed by atoms with Crippen LogP contribution in [0.3, 0.4) is 0 Å². The predicted molar refractivity (Wildman–Crippen MR) is 123 cm³/mol. The van der Waals surface area contributed by atoms with Crippen LogP contribution in [0.5, 0.6) is 5.88 Å². The number of aliphatic imine (C=N–C) groups is 1. The Kier molecular flexibility index (Phi) is 8.70. The molecule has 1 saturated heterocycles. The van der Waals surface area contributed by atoms with Crippen molar-refractivity contribution in [2.45, 2.75) is 32.7 Å². The first-order valence-electron chi connectivity index (χ1n) is 11.0. The molecule has 0 aliphatic carbocycles. The average molecular weight is 424 g/mol. The SMILES string of the molecule is CCCOc1ccc(CNC(=NC)NCC2CC(=O)N(CCc3ccccc3)C2)cn1. The van der Waals surface area contributed by atoms with E-state index in [1.54, 1.807) is 7.05 Å². The molecule has 31 heavy (non-hydrogen) atoms. The Hall–Kier alpha value is -3.09. The summed E-state index contributed by atoms with van der Waals surface area (Å²) in [6, 6.07) is 14.2. The first kappa shape index (κ1) is 22.6. The van der Waals surface area contributed by atoms with Crippen LogP contribution < -0.4 is 15.4 Å². The summed E-state index contributed by atoms with van der Waals surface area (Å²) in [4.78, 5) is 22.9. The maximum Gasteiger partial charge on any atom is 0.223 e. The van der Waals surface area contributed by atoms with Crippen molar-refractivity contribution >= 4 is 11.9 Å². The molecular formula is C24H33N5O2. The molecule has 2 aromatic rings. The van der Waals surface area contributed by atoms with Crippen LogP contribution in [0.2, 0.25) is 0 Å². The van der Waals surface area contributed by atoms with Gasteiger partial charge in [-0.2, -0.15) is 0 Å². The van der Waals surface area contributed by atoms with Gasteiger partial charge in [-0.3, -0.25) is 9.79 Å². The van der Waals surface area contributed by atoms with Crippen molar-refractivity contribution in [2.75, 3.05) is 33.3 Å². The topological polar surface area (TPSA) is 78.8 Å². The van der Waals surface area contributed by atoms with Crippen molar-refractivity contribution < 1.29 is 9.53 Å². The van der Waals surface area contributed by atoms with Gasteiger partial charge in [-0.1, -0.05) is 43.3 Å². The third kappa shape index (κ3) is 7.27. The third-order valence-electron chi connectivity index (χ3n) is 5.30. The van der Waals surface area contributed by atoms with Crippen LogP contribution in [-0.2, 0) is 17.8 Å². The fraction of sp³-hybridized carbons (Fsp3) is 0.458. The average Bonchev–Trinajstić information content (AvgIpc) is 3.17. The molecule has 1 unspecified atom stereocenters. The second-order valence-electron chi connectivity index (χ2n) is 7.81. The van der Waals surface area contributed by atoms with E-state index in [-0.39, 0.29) is 5.91 Å². The molecule has 2 heterocycles. The van der Waals surface area contributed by atoms with Crippen LogP contribution in [0, 0.1) is 5.92 Å². The van der Waals surface area contributed by atoms with Gasteiger partial charge in [0.1, 0.15) is 0 Å². The number of nitrogens with one attached hydrogen (secondary N) is 2. The molecule has 1 aromatic carbocycles. The standard InChI is InChI=1S/C24H33N5O2/c1-3-13-31-22-10-9-20(15-26-22)16-27-24(25-2)28-17-21-14-23(30)29(18-21)12-11-19-7-5-4-6-8-19/h4-10,15,21H,3,11-14,16-18H2,1-2H3,(H2,25,27,28). The number of hydrogen-bond acceptors (Lipinski definition) is 4. The van der Waals surface area contributed by atoms with E-state index in [1.807, 2.05) is 41.4 Å². The molecule has 1 aliphatic heterocycles. The Morgan fingerprint density at radius 3 is 2.74 bits per heavy atom. The highest BCUT2D eigenvalue weighted by atomic mass is 16.5. The van der Waals surface area contributed by atoms with Crippen LogP contribution >= 0.6 is 0 Å². The summed E-state index contributed by atoms with van der Waals surface area (Å²) in [5.74, 6) is 1.90. The van der Waals surface area contributed by atoms with Crippen molar-refractivity contribution in [2.24, 2.45) is 10.9 Å². The van der Waals surface area contributed by atoms with Gasteiger partial charge in [0.25, 0.3) is 0 Å². The monoisotopic (exact) mass is 423 g/mol. The van der Waals surface area contributed by atoms with Crippen LogP contribution in [-0.4, -0.2) is 55.0 Å². The third-order valence-corrected chi connectivity index (χ3v) is 5.30. The van der Waals surface area contributed by atoms with Gasteiger partial charge >= 0.3 is 0 Å². The summed E-state index contributed by atoms with van der Waals surface area (Å²) in [5.41, 5.74) is 2.32. The summed E-state index contributed by atoms with van der Waals surface area (Å²) < 4.78 is 5.51. The Bertz CT molecular complexity index is 839. The van der Waals surface area contributed by atoms with Gasteiger partial charge < -0.3 is 20.3 Å². The van der Waals surface area contributed by atoms with Crippen molar-refractivity contribution in [1.29, 1.82) is 0 Å². The molecule has 7 heteroatoms. The molecule has 1 aliphatic rings. The zero-order valence-electron chi connectivity index (χ0n) is 18.5. The molecule has 2 N–H and O–H groups in total. The quantitative estimate of drug-likeness (QED) is 0.454.